The first-order chi connectivity index (χ1) is 7.74. The van der Waals surface area contributed by atoms with E-state index in [-0.39, 0.29) is 5.91 Å². The molecule has 0 aromatic heterocycles. The second-order valence-electron chi connectivity index (χ2n) is 3.47. The number of carbonyl (C=O) groups is 1. The van der Waals surface area contributed by atoms with E-state index >= 15 is 0 Å². The fourth-order valence-electron chi connectivity index (χ4n) is 1.30. The van der Waals surface area contributed by atoms with Gasteiger partial charge in [0.05, 0.1) is 0 Å². The molecular weight excluding hydrogens is 218 g/mol. The van der Waals surface area contributed by atoms with Crippen molar-refractivity contribution in [2.75, 3.05) is 6.54 Å². The first kappa shape index (κ1) is 12.7. The molecule has 0 heterocycles. The van der Waals surface area contributed by atoms with Crippen molar-refractivity contribution in [2.24, 2.45) is 0 Å². The molecular formula is C13H15NOS. The zero-order valence-corrected chi connectivity index (χ0v) is 9.97. The molecule has 0 spiro atoms. The van der Waals surface area contributed by atoms with Crippen LogP contribution in [0.2, 0.25) is 0 Å². The van der Waals surface area contributed by atoms with Crippen molar-refractivity contribution in [2.45, 2.75) is 24.2 Å². The molecule has 1 aromatic rings. The molecule has 0 aliphatic rings. The fraction of sp³-hybridized carbons (Fsp3) is 0.308. The van der Waals surface area contributed by atoms with Crippen LogP contribution in [-0.4, -0.2) is 12.5 Å². The van der Waals surface area contributed by atoms with Gasteiger partial charge in [0.2, 0.25) is 0 Å². The Balaban J connectivity index is 2.33. The number of amides is 1. The Bertz CT molecular complexity index is 395. The van der Waals surface area contributed by atoms with E-state index in [0.29, 0.717) is 12.1 Å². The second-order valence-corrected chi connectivity index (χ2v) is 3.98. The fourth-order valence-corrected chi connectivity index (χ4v) is 1.53. The van der Waals surface area contributed by atoms with Crippen molar-refractivity contribution in [3.8, 4) is 12.3 Å². The van der Waals surface area contributed by atoms with Gasteiger partial charge in [0.25, 0.3) is 5.91 Å². The zero-order chi connectivity index (χ0) is 11.8. The van der Waals surface area contributed by atoms with Gasteiger partial charge in [-0.15, -0.1) is 25.0 Å². The summed E-state index contributed by atoms with van der Waals surface area (Å²) in [5.41, 5.74) is 0.643. The highest BCUT2D eigenvalue weighted by Crippen LogP contribution is 2.08. The first-order valence-electron chi connectivity index (χ1n) is 5.24. The largest absolute Gasteiger partial charge is 0.352 e. The maximum atomic E-state index is 11.6. The Kier molecular flexibility index (Phi) is 5.52. The molecule has 0 atom stereocenters. The lowest BCUT2D eigenvalue weighted by molar-refractivity contribution is 0.0953. The summed E-state index contributed by atoms with van der Waals surface area (Å²) < 4.78 is 0. The van der Waals surface area contributed by atoms with Crippen molar-refractivity contribution < 1.29 is 4.79 Å². The second kappa shape index (κ2) is 6.97. The lowest BCUT2D eigenvalue weighted by Gasteiger charge is -2.04. The summed E-state index contributed by atoms with van der Waals surface area (Å²) in [4.78, 5) is 12.4. The SMILES string of the molecule is C#CCCCCNC(=O)c1cccc(S)c1. The monoisotopic (exact) mass is 233 g/mol. The normalized spacial score (nSPS) is 9.50. The minimum absolute atomic E-state index is 0.0587. The topological polar surface area (TPSA) is 29.1 Å². The Labute approximate surface area is 102 Å². The van der Waals surface area contributed by atoms with Crippen molar-refractivity contribution in [1.82, 2.24) is 5.32 Å². The van der Waals surface area contributed by atoms with E-state index in [2.05, 4.69) is 23.9 Å². The summed E-state index contributed by atoms with van der Waals surface area (Å²) in [5, 5.41) is 2.84. The third kappa shape index (κ3) is 4.41. The number of carbonyl (C=O) groups excluding carboxylic acids is 1. The van der Waals surface area contributed by atoms with Gasteiger partial charge in [-0.25, -0.2) is 0 Å². The number of terminal acetylenes is 1. The van der Waals surface area contributed by atoms with Crippen molar-refractivity contribution in [1.29, 1.82) is 0 Å². The van der Waals surface area contributed by atoms with Gasteiger partial charge < -0.3 is 5.32 Å². The van der Waals surface area contributed by atoms with Gasteiger partial charge in [0.1, 0.15) is 0 Å². The van der Waals surface area contributed by atoms with Crippen LogP contribution < -0.4 is 5.32 Å². The molecule has 16 heavy (non-hydrogen) atoms. The van der Waals surface area contributed by atoms with Gasteiger partial charge in [0.15, 0.2) is 0 Å². The van der Waals surface area contributed by atoms with E-state index in [4.69, 9.17) is 6.42 Å². The third-order valence-corrected chi connectivity index (χ3v) is 2.42. The average Bonchev–Trinajstić information content (AvgIpc) is 2.28. The highest BCUT2D eigenvalue weighted by molar-refractivity contribution is 7.80. The van der Waals surface area contributed by atoms with Gasteiger partial charge in [-0.2, -0.15) is 0 Å². The van der Waals surface area contributed by atoms with E-state index in [1.165, 1.54) is 0 Å². The number of hydrogen-bond acceptors (Lipinski definition) is 2. The summed E-state index contributed by atoms with van der Waals surface area (Å²) >= 11 is 4.18. The molecule has 84 valence electrons. The molecule has 1 rings (SSSR count). The van der Waals surface area contributed by atoms with Gasteiger partial charge in [-0.1, -0.05) is 6.07 Å². The number of hydrogen-bond donors (Lipinski definition) is 2. The molecule has 0 fully saturated rings. The summed E-state index contributed by atoms with van der Waals surface area (Å²) in [6.45, 7) is 0.664. The van der Waals surface area contributed by atoms with Gasteiger partial charge in [-0.3, -0.25) is 4.79 Å². The molecule has 0 aliphatic heterocycles. The smallest absolute Gasteiger partial charge is 0.251 e. The van der Waals surface area contributed by atoms with Crippen LogP contribution in [0.1, 0.15) is 29.6 Å². The van der Waals surface area contributed by atoms with Crippen LogP contribution in [0.25, 0.3) is 0 Å². The predicted molar refractivity (Wildman–Crippen MR) is 68.7 cm³/mol. The molecule has 3 heteroatoms. The van der Waals surface area contributed by atoms with Crippen LogP contribution in [0, 0.1) is 12.3 Å². The van der Waals surface area contributed by atoms with Crippen LogP contribution in [-0.2, 0) is 0 Å². The molecule has 1 amide bonds. The molecule has 0 unspecified atom stereocenters. The molecule has 0 bridgehead atoms. The Morgan fingerprint density at radius 1 is 1.44 bits per heavy atom. The van der Waals surface area contributed by atoms with Gasteiger partial charge in [0, 0.05) is 23.4 Å². The van der Waals surface area contributed by atoms with Crippen LogP contribution in [0.3, 0.4) is 0 Å². The summed E-state index contributed by atoms with van der Waals surface area (Å²) in [6, 6.07) is 7.18. The maximum Gasteiger partial charge on any atom is 0.251 e. The Morgan fingerprint density at radius 3 is 2.94 bits per heavy atom. The molecule has 0 radical (unpaired) electrons. The summed E-state index contributed by atoms with van der Waals surface area (Å²) in [6.07, 6.45) is 7.76. The highest BCUT2D eigenvalue weighted by Gasteiger charge is 2.03. The summed E-state index contributed by atoms with van der Waals surface area (Å²) in [5.74, 6) is 2.51. The van der Waals surface area contributed by atoms with Crippen molar-refractivity contribution in [3.05, 3.63) is 29.8 Å². The van der Waals surface area contributed by atoms with Crippen LogP contribution in [0.4, 0.5) is 0 Å². The molecule has 1 aromatic carbocycles. The van der Waals surface area contributed by atoms with Crippen molar-refractivity contribution >= 4 is 18.5 Å². The van der Waals surface area contributed by atoms with Crippen LogP contribution in [0.5, 0.6) is 0 Å². The first-order valence-corrected chi connectivity index (χ1v) is 5.69. The maximum absolute atomic E-state index is 11.6. The third-order valence-electron chi connectivity index (χ3n) is 2.14. The van der Waals surface area contributed by atoms with E-state index in [1.54, 1.807) is 12.1 Å². The van der Waals surface area contributed by atoms with E-state index in [0.717, 1.165) is 24.2 Å². The van der Waals surface area contributed by atoms with E-state index in [9.17, 15) is 4.79 Å². The Hall–Kier alpha value is -1.40. The predicted octanol–water partition coefficient (Wildman–Crippen LogP) is 2.51. The lowest BCUT2D eigenvalue weighted by atomic mass is 10.2. The number of unbranched alkanes of at least 4 members (excludes halogenated alkanes) is 2. The van der Waals surface area contributed by atoms with E-state index < -0.39 is 0 Å². The number of rotatable bonds is 5. The summed E-state index contributed by atoms with van der Waals surface area (Å²) in [7, 11) is 0. The molecule has 1 N–H and O–H groups in total. The van der Waals surface area contributed by atoms with Crippen LogP contribution in [0.15, 0.2) is 29.2 Å². The standard InChI is InChI=1S/C13H15NOS/c1-2-3-4-5-9-14-13(15)11-7-6-8-12(16)10-11/h1,6-8,10,16H,3-5,9H2,(H,14,15). The number of thiol groups is 1. The van der Waals surface area contributed by atoms with E-state index in [1.807, 2.05) is 12.1 Å². The molecule has 0 saturated carbocycles. The van der Waals surface area contributed by atoms with Crippen LogP contribution >= 0.6 is 12.6 Å². The lowest BCUT2D eigenvalue weighted by Crippen LogP contribution is -2.24. The highest BCUT2D eigenvalue weighted by atomic mass is 32.1. The van der Waals surface area contributed by atoms with Gasteiger partial charge in [-0.05, 0) is 31.0 Å². The molecule has 0 aliphatic carbocycles. The number of nitrogens with one attached hydrogen (secondary N) is 1. The Morgan fingerprint density at radius 2 is 2.25 bits per heavy atom. The zero-order valence-electron chi connectivity index (χ0n) is 9.07. The molecule has 2 nitrogen and oxygen atoms in total. The van der Waals surface area contributed by atoms with Gasteiger partial charge >= 0.3 is 0 Å². The number of benzene rings is 1. The minimum Gasteiger partial charge on any atom is -0.352 e. The van der Waals surface area contributed by atoms with Crippen molar-refractivity contribution in [3.63, 3.8) is 0 Å². The quantitative estimate of drug-likeness (QED) is 0.457. The minimum atomic E-state index is -0.0587. The average molecular weight is 233 g/mol. The molecule has 0 saturated heterocycles.